The van der Waals surface area contributed by atoms with E-state index in [-0.39, 0.29) is 25.4 Å². The Hall–Kier alpha value is -3.10. The van der Waals surface area contributed by atoms with Crippen molar-refractivity contribution in [3.8, 4) is 0 Å². The molecule has 0 fully saturated rings. The predicted octanol–water partition coefficient (Wildman–Crippen LogP) is 4.14. The zero-order chi connectivity index (χ0) is 25.9. The van der Waals surface area contributed by atoms with Crippen LogP contribution in [0.4, 0.5) is 4.79 Å². The van der Waals surface area contributed by atoms with Gasteiger partial charge in [-0.15, -0.1) is 0 Å². The quantitative estimate of drug-likeness (QED) is 0.283. The molecule has 1 aromatic rings. The molecule has 0 saturated carbocycles. The molecule has 0 saturated heterocycles. The first-order valence-corrected chi connectivity index (χ1v) is 11.6. The van der Waals surface area contributed by atoms with Crippen LogP contribution in [0.5, 0.6) is 0 Å². The molecule has 190 valence electrons. The lowest BCUT2D eigenvalue weighted by molar-refractivity contribution is -0.156. The lowest BCUT2D eigenvalue weighted by atomic mass is 9.72. The Morgan fingerprint density at radius 1 is 0.971 bits per heavy atom. The number of carbonyl (C=O) groups is 4. The highest BCUT2D eigenvalue weighted by Gasteiger charge is 2.42. The van der Waals surface area contributed by atoms with Crippen molar-refractivity contribution < 1.29 is 38.9 Å². The molecule has 0 aromatic heterocycles. The maximum atomic E-state index is 13.1. The van der Waals surface area contributed by atoms with E-state index in [4.69, 9.17) is 9.47 Å². The number of carboxylic acid groups (broad SMARTS) is 2. The summed E-state index contributed by atoms with van der Waals surface area (Å²) in [5.74, 6) is -5.39. The van der Waals surface area contributed by atoms with Crippen LogP contribution in [0.3, 0.4) is 0 Å². The predicted molar refractivity (Wildman–Crippen MR) is 125 cm³/mol. The summed E-state index contributed by atoms with van der Waals surface area (Å²) in [4.78, 5) is 48.8. The number of hydrogen-bond donors (Lipinski definition) is 3. The van der Waals surface area contributed by atoms with Gasteiger partial charge in [-0.2, -0.15) is 0 Å². The minimum absolute atomic E-state index is 0.0141. The molecule has 0 radical (unpaired) electrons. The van der Waals surface area contributed by atoms with Crippen LogP contribution < -0.4 is 5.32 Å². The summed E-state index contributed by atoms with van der Waals surface area (Å²) >= 11 is 0. The Labute approximate surface area is 200 Å². The molecule has 2 atom stereocenters. The maximum Gasteiger partial charge on any atom is 0.407 e. The van der Waals surface area contributed by atoms with Gasteiger partial charge in [0.1, 0.15) is 5.60 Å². The first-order valence-electron chi connectivity index (χ1n) is 11.6. The van der Waals surface area contributed by atoms with Gasteiger partial charge < -0.3 is 25.0 Å². The van der Waals surface area contributed by atoms with E-state index >= 15 is 0 Å². The highest BCUT2D eigenvalue weighted by Crippen LogP contribution is 2.37. The molecule has 34 heavy (non-hydrogen) atoms. The smallest absolute Gasteiger partial charge is 0.407 e. The van der Waals surface area contributed by atoms with Crippen molar-refractivity contribution in [2.45, 2.75) is 83.8 Å². The van der Waals surface area contributed by atoms with Crippen LogP contribution in [-0.4, -0.2) is 52.5 Å². The van der Waals surface area contributed by atoms with E-state index < -0.39 is 41.0 Å². The third-order valence-electron chi connectivity index (χ3n) is 5.42. The van der Waals surface area contributed by atoms with Crippen molar-refractivity contribution in [2.24, 2.45) is 5.92 Å². The molecule has 0 aliphatic rings. The number of rotatable bonds is 13. The molecular weight excluding hydrogens is 442 g/mol. The molecule has 0 heterocycles. The fraction of sp³-hybridized carbons (Fsp3) is 0.600. The van der Waals surface area contributed by atoms with Crippen LogP contribution in [0.25, 0.3) is 0 Å². The van der Waals surface area contributed by atoms with Crippen molar-refractivity contribution in [1.82, 2.24) is 5.32 Å². The summed E-state index contributed by atoms with van der Waals surface area (Å²) in [6, 6.07) is 7.96. The van der Waals surface area contributed by atoms with Crippen LogP contribution in [0.1, 0.15) is 72.3 Å². The molecule has 0 aliphatic carbocycles. The van der Waals surface area contributed by atoms with Gasteiger partial charge in [-0.1, -0.05) is 43.7 Å². The Morgan fingerprint density at radius 3 is 2.03 bits per heavy atom. The molecule has 1 unspecified atom stereocenters. The number of nitrogens with one attached hydrogen (secondary N) is 1. The van der Waals surface area contributed by atoms with E-state index in [2.05, 4.69) is 5.32 Å². The van der Waals surface area contributed by atoms with Crippen LogP contribution in [0, 0.1) is 5.92 Å². The van der Waals surface area contributed by atoms with E-state index in [0.29, 0.717) is 19.3 Å². The van der Waals surface area contributed by atoms with Crippen molar-refractivity contribution in [1.29, 1.82) is 0 Å². The number of ether oxygens (including phenoxy) is 2. The normalized spacial score (nSPS) is 14.1. The largest absolute Gasteiger partial charge is 0.481 e. The number of hydrogen-bond acceptors (Lipinski definition) is 6. The maximum absolute atomic E-state index is 13.1. The third kappa shape index (κ3) is 8.35. The van der Waals surface area contributed by atoms with Crippen LogP contribution >= 0.6 is 0 Å². The van der Waals surface area contributed by atoms with E-state index in [9.17, 15) is 29.4 Å². The van der Waals surface area contributed by atoms with Gasteiger partial charge in [0.2, 0.25) is 0 Å². The van der Waals surface area contributed by atoms with Gasteiger partial charge in [-0.3, -0.25) is 14.4 Å². The van der Waals surface area contributed by atoms with Gasteiger partial charge >= 0.3 is 24.0 Å². The molecule has 0 bridgehead atoms. The summed E-state index contributed by atoms with van der Waals surface area (Å²) < 4.78 is 10.6. The molecule has 9 nitrogen and oxygen atoms in total. The lowest BCUT2D eigenvalue weighted by Crippen LogP contribution is -2.48. The first kappa shape index (κ1) is 28.9. The highest BCUT2D eigenvalue weighted by molar-refractivity contribution is 5.94. The van der Waals surface area contributed by atoms with Gasteiger partial charge in [0.25, 0.3) is 0 Å². The van der Waals surface area contributed by atoms with Gasteiger partial charge in [0.15, 0.2) is 5.92 Å². The van der Waals surface area contributed by atoms with Crippen molar-refractivity contribution in [3.63, 3.8) is 0 Å². The molecular formula is C25H37NO8. The Balaban J connectivity index is 3.21. The zero-order valence-corrected chi connectivity index (χ0v) is 20.6. The second-order valence-corrected chi connectivity index (χ2v) is 9.22. The monoisotopic (exact) mass is 479 g/mol. The number of alkyl carbamates (subject to hydrolysis) is 1. The summed E-state index contributed by atoms with van der Waals surface area (Å²) in [5, 5.41) is 21.4. The standard InChI is InChI=1S/C25H37NO8/c1-6-15-25(22(31)33-7-2,17-12-9-8-10-13-17)16-11-14-18(19(20(27)28)21(29)30)26-23(32)34-24(3,4)5/h8-10,12-13,18-19H,6-7,11,14-16H2,1-5H3,(H,26,32)(H,27,28)(H,29,30)/t18-,25?/m0/s1. The Bertz CT molecular complexity index is 819. The minimum atomic E-state index is -1.87. The van der Waals surface area contributed by atoms with Gasteiger partial charge in [0.05, 0.1) is 18.1 Å². The summed E-state index contributed by atoms with van der Waals surface area (Å²) in [6.07, 6.45) is 0.868. The molecule has 0 aliphatic heterocycles. The van der Waals surface area contributed by atoms with Crippen molar-refractivity contribution in [3.05, 3.63) is 35.9 Å². The topological polar surface area (TPSA) is 139 Å². The fourth-order valence-electron chi connectivity index (χ4n) is 4.04. The first-order chi connectivity index (χ1) is 15.9. The number of amides is 1. The molecule has 0 spiro atoms. The summed E-state index contributed by atoms with van der Waals surface area (Å²) in [5.41, 5.74) is -1.03. The number of aliphatic carboxylic acids is 2. The second-order valence-electron chi connectivity index (χ2n) is 9.22. The fourth-order valence-corrected chi connectivity index (χ4v) is 4.04. The van der Waals surface area contributed by atoms with Gasteiger partial charge in [-0.05, 0) is 58.9 Å². The minimum Gasteiger partial charge on any atom is -0.481 e. The molecule has 1 amide bonds. The average molecular weight is 480 g/mol. The van der Waals surface area contributed by atoms with E-state index in [1.54, 1.807) is 27.7 Å². The molecule has 1 rings (SSSR count). The second kappa shape index (κ2) is 13.0. The zero-order valence-electron chi connectivity index (χ0n) is 20.6. The lowest BCUT2D eigenvalue weighted by Gasteiger charge is -2.33. The summed E-state index contributed by atoms with van der Waals surface area (Å²) in [6.45, 7) is 8.82. The third-order valence-corrected chi connectivity index (χ3v) is 5.42. The Morgan fingerprint density at radius 2 is 1.56 bits per heavy atom. The van der Waals surface area contributed by atoms with Gasteiger partial charge in [0, 0.05) is 0 Å². The molecule has 9 heteroatoms. The van der Waals surface area contributed by atoms with Crippen LogP contribution in [-0.2, 0) is 29.3 Å². The van der Waals surface area contributed by atoms with E-state index in [0.717, 1.165) is 5.56 Å². The number of carbonyl (C=O) groups excluding carboxylic acids is 2. The van der Waals surface area contributed by atoms with Crippen molar-refractivity contribution >= 4 is 24.0 Å². The number of esters is 1. The molecule has 3 N–H and O–H groups in total. The van der Waals surface area contributed by atoms with Gasteiger partial charge in [-0.25, -0.2) is 4.79 Å². The number of benzene rings is 1. The van der Waals surface area contributed by atoms with Crippen LogP contribution in [0.15, 0.2) is 30.3 Å². The van der Waals surface area contributed by atoms with Crippen molar-refractivity contribution in [2.75, 3.05) is 6.61 Å². The van der Waals surface area contributed by atoms with Crippen LogP contribution in [0.2, 0.25) is 0 Å². The number of carboxylic acids is 2. The average Bonchev–Trinajstić information content (AvgIpc) is 2.71. The SMILES string of the molecule is CCCC(CCC[C@H](NC(=O)OC(C)(C)C)C(C(=O)O)C(=O)O)(C(=O)OCC)c1ccccc1. The van der Waals surface area contributed by atoms with E-state index in [1.165, 1.54) is 0 Å². The highest BCUT2D eigenvalue weighted by atomic mass is 16.6. The summed E-state index contributed by atoms with van der Waals surface area (Å²) in [7, 11) is 0. The Kier molecular flexibility index (Phi) is 11.0. The van der Waals surface area contributed by atoms with E-state index in [1.807, 2.05) is 37.3 Å². The molecule has 1 aromatic carbocycles.